The Labute approximate surface area is 166 Å². The minimum Gasteiger partial charge on any atom is -0.497 e. The lowest BCUT2D eigenvalue weighted by molar-refractivity contribution is 0.170. The maximum Gasteiger partial charge on any atom is 0.211 e. The number of hydrogen-bond acceptors (Lipinski definition) is 4. The molecule has 0 aliphatic carbocycles. The van der Waals surface area contributed by atoms with E-state index in [1.165, 1.54) is 0 Å². The molecule has 148 valence electrons. The normalized spacial score (nSPS) is 12.8. The van der Waals surface area contributed by atoms with Crippen LogP contribution in [-0.2, 0) is 16.4 Å². The summed E-state index contributed by atoms with van der Waals surface area (Å²) in [5.74, 6) is 0.746. The molecule has 3 aromatic rings. The fraction of sp³-hybridized carbons (Fsp3) is 0.273. The zero-order valence-electron chi connectivity index (χ0n) is 15.8. The van der Waals surface area contributed by atoms with Gasteiger partial charge in [0.1, 0.15) is 5.75 Å². The highest BCUT2D eigenvalue weighted by Crippen LogP contribution is 2.25. The lowest BCUT2D eigenvalue weighted by Gasteiger charge is -2.14. The second-order valence-corrected chi connectivity index (χ2v) is 8.61. The molecular weight excluding hydrogens is 374 g/mol. The maximum atomic E-state index is 12.2. The molecule has 0 bridgehead atoms. The van der Waals surface area contributed by atoms with Crippen LogP contribution in [0.5, 0.6) is 5.75 Å². The Bertz CT molecular complexity index is 1010. The van der Waals surface area contributed by atoms with Gasteiger partial charge >= 0.3 is 0 Å². The van der Waals surface area contributed by atoms with Crippen molar-refractivity contribution in [1.82, 2.24) is 4.72 Å². The Morgan fingerprint density at radius 3 is 2.46 bits per heavy atom. The predicted molar refractivity (Wildman–Crippen MR) is 112 cm³/mol. The maximum absolute atomic E-state index is 12.2. The van der Waals surface area contributed by atoms with Crippen molar-refractivity contribution in [2.24, 2.45) is 0 Å². The van der Waals surface area contributed by atoms with E-state index in [0.29, 0.717) is 12.8 Å². The summed E-state index contributed by atoms with van der Waals surface area (Å²) in [6, 6.07) is 21.0. The van der Waals surface area contributed by atoms with Crippen molar-refractivity contribution in [2.75, 3.05) is 19.4 Å². The zero-order chi connectivity index (χ0) is 20.0. The molecule has 28 heavy (non-hydrogen) atoms. The van der Waals surface area contributed by atoms with Crippen LogP contribution in [0.25, 0.3) is 10.8 Å². The quantitative estimate of drug-likeness (QED) is 0.578. The van der Waals surface area contributed by atoms with Crippen LogP contribution >= 0.6 is 0 Å². The summed E-state index contributed by atoms with van der Waals surface area (Å²) in [7, 11) is -1.81. The van der Waals surface area contributed by atoms with Gasteiger partial charge in [-0.3, -0.25) is 0 Å². The summed E-state index contributed by atoms with van der Waals surface area (Å²) >= 11 is 0. The van der Waals surface area contributed by atoms with Gasteiger partial charge < -0.3 is 9.84 Å². The van der Waals surface area contributed by atoms with E-state index in [1.807, 2.05) is 66.7 Å². The average Bonchev–Trinajstić information content (AvgIpc) is 2.72. The Hall–Kier alpha value is -2.41. The van der Waals surface area contributed by atoms with Gasteiger partial charge in [0.25, 0.3) is 0 Å². The van der Waals surface area contributed by atoms with Crippen molar-refractivity contribution in [3.05, 3.63) is 77.9 Å². The summed E-state index contributed by atoms with van der Waals surface area (Å²) in [5, 5.41) is 12.6. The highest BCUT2D eigenvalue weighted by Gasteiger charge is 2.14. The summed E-state index contributed by atoms with van der Waals surface area (Å²) in [6.07, 6.45) is 0.0106. The van der Waals surface area contributed by atoms with Crippen molar-refractivity contribution in [3.8, 4) is 5.75 Å². The molecule has 3 rings (SSSR count). The second kappa shape index (κ2) is 9.19. The molecule has 0 aliphatic heterocycles. The van der Waals surface area contributed by atoms with Crippen molar-refractivity contribution >= 4 is 20.8 Å². The fourth-order valence-electron chi connectivity index (χ4n) is 3.16. The molecule has 3 aromatic carbocycles. The fourth-order valence-corrected chi connectivity index (χ4v) is 4.24. The number of nitrogens with one attached hydrogen (secondary N) is 1. The second-order valence-electron chi connectivity index (χ2n) is 6.68. The number of aliphatic hydroxyl groups is 1. The Balaban J connectivity index is 1.52. The third-order valence-electron chi connectivity index (χ3n) is 4.74. The van der Waals surface area contributed by atoms with Crippen LogP contribution in [0.4, 0.5) is 0 Å². The first-order chi connectivity index (χ1) is 13.5. The van der Waals surface area contributed by atoms with Gasteiger partial charge in [-0.1, -0.05) is 54.6 Å². The van der Waals surface area contributed by atoms with Gasteiger partial charge in [-0.25, -0.2) is 13.1 Å². The zero-order valence-corrected chi connectivity index (χ0v) is 16.7. The Kier molecular flexibility index (Phi) is 6.67. The molecule has 0 aromatic heterocycles. The van der Waals surface area contributed by atoms with Crippen LogP contribution in [0.15, 0.2) is 66.7 Å². The number of rotatable bonds is 9. The molecule has 0 amide bonds. The van der Waals surface area contributed by atoms with Crippen LogP contribution in [-0.4, -0.2) is 32.9 Å². The third-order valence-corrected chi connectivity index (χ3v) is 6.13. The van der Waals surface area contributed by atoms with Crippen LogP contribution in [0.2, 0.25) is 0 Å². The minimum atomic E-state index is -3.41. The van der Waals surface area contributed by atoms with Gasteiger partial charge in [-0.15, -0.1) is 0 Å². The van der Waals surface area contributed by atoms with E-state index >= 15 is 0 Å². The molecule has 5 nitrogen and oxygen atoms in total. The molecule has 2 N–H and O–H groups in total. The summed E-state index contributed by atoms with van der Waals surface area (Å²) in [6.45, 7) is 0.190. The van der Waals surface area contributed by atoms with E-state index in [-0.39, 0.29) is 12.3 Å². The Morgan fingerprint density at radius 1 is 1.00 bits per heavy atom. The van der Waals surface area contributed by atoms with Crippen molar-refractivity contribution in [1.29, 1.82) is 0 Å². The number of methoxy groups -OCH3 is 1. The van der Waals surface area contributed by atoms with E-state index in [0.717, 1.165) is 27.6 Å². The highest BCUT2D eigenvalue weighted by atomic mass is 32.2. The molecule has 0 heterocycles. The van der Waals surface area contributed by atoms with E-state index in [1.54, 1.807) is 7.11 Å². The monoisotopic (exact) mass is 399 g/mol. The summed E-state index contributed by atoms with van der Waals surface area (Å²) in [4.78, 5) is 0. The number of fused-ring (bicyclic) bond motifs is 1. The molecule has 0 aliphatic rings. The number of aliphatic hydroxyl groups excluding tert-OH is 1. The number of aryl methyl sites for hydroxylation is 1. The topological polar surface area (TPSA) is 75.6 Å². The third kappa shape index (κ3) is 5.32. The SMILES string of the molecule is COc1ccc(CCS(=O)(=O)NCCC(O)c2cccc3ccccc23)cc1. The van der Waals surface area contributed by atoms with E-state index in [9.17, 15) is 13.5 Å². The molecule has 1 atom stereocenters. The molecule has 0 spiro atoms. The van der Waals surface area contributed by atoms with Crippen LogP contribution in [0.3, 0.4) is 0 Å². The standard InChI is InChI=1S/C22H25NO4S/c1-27-19-11-9-17(10-12-19)14-16-28(25,26)23-15-13-22(24)21-8-4-6-18-5-2-3-7-20(18)21/h2-12,22-24H,13-16H2,1H3. The van der Waals surface area contributed by atoms with E-state index in [4.69, 9.17) is 4.74 Å². The Morgan fingerprint density at radius 2 is 1.71 bits per heavy atom. The molecular formula is C22H25NO4S. The minimum absolute atomic E-state index is 0.00366. The van der Waals surface area contributed by atoms with Crippen LogP contribution < -0.4 is 9.46 Å². The molecule has 0 saturated heterocycles. The first kappa shape index (κ1) is 20.3. The molecule has 6 heteroatoms. The number of ether oxygens (including phenoxy) is 1. The van der Waals surface area contributed by atoms with Gasteiger partial charge in [-0.2, -0.15) is 0 Å². The molecule has 0 fully saturated rings. The van der Waals surface area contributed by atoms with Gasteiger partial charge in [0, 0.05) is 6.54 Å². The first-order valence-electron chi connectivity index (χ1n) is 9.24. The molecule has 0 radical (unpaired) electrons. The van der Waals surface area contributed by atoms with Crippen molar-refractivity contribution in [3.63, 3.8) is 0 Å². The molecule has 0 saturated carbocycles. The lowest BCUT2D eigenvalue weighted by Crippen LogP contribution is -2.29. The van der Waals surface area contributed by atoms with Gasteiger partial charge in [0.15, 0.2) is 0 Å². The molecule has 1 unspecified atom stereocenters. The van der Waals surface area contributed by atoms with Gasteiger partial charge in [-0.05, 0) is 46.9 Å². The number of hydrogen-bond donors (Lipinski definition) is 2. The van der Waals surface area contributed by atoms with E-state index < -0.39 is 16.1 Å². The number of sulfonamides is 1. The highest BCUT2D eigenvalue weighted by molar-refractivity contribution is 7.89. The largest absolute Gasteiger partial charge is 0.497 e. The summed E-state index contributed by atoms with van der Waals surface area (Å²) < 4.78 is 32.2. The number of benzene rings is 3. The van der Waals surface area contributed by atoms with E-state index in [2.05, 4.69) is 4.72 Å². The lowest BCUT2D eigenvalue weighted by atomic mass is 9.99. The van der Waals surface area contributed by atoms with Gasteiger partial charge in [0.2, 0.25) is 10.0 Å². The van der Waals surface area contributed by atoms with Crippen LogP contribution in [0, 0.1) is 0 Å². The first-order valence-corrected chi connectivity index (χ1v) is 10.9. The van der Waals surface area contributed by atoms with Crippen molar-refractivity contribution < 1.29 is 18.3 Å². The summed E-state index contributed by atoms with van der Waals surface area (Å²) in [5.41, 5.74) is 1.75. The average molecular weight is 400 g/mol. The van der Waals surface area contributed by atoms with Crippen LogP contribution in [0.1, 0.15) is 23.7 Å². The smallest absolute Gasteiger partial charge is 0.211 e. The predicted octanol–water partition coefficient (Wildman–Crippen LogP) is 3.43. The van der Waals surface area contributed by atoms with Crippen molar-refractivity contribution in [2.45, 2.75) is 18.9 Å². The van der Waals surface area contributed by atoms with Gasteiger partial charge in [0.05, 0.1) is 19.0 Å².